The van der Waals surface area contributed by atoms with Crippen LogP contribution in [0.2, 0.25) is 0 Å². The van der Waals surface area contributed by atoms with Crippen molar-refractivity contribution >= 4 is 5.91 Å². The molecule has 2 N–H and O–H groups in total. The van der Waals surface area contributed by atoms with Crippen LogP contribution in [0.1, 0.15) is 24.6 Å². The Labute approximate surface area is 145 Å². The van der Waals surface area contributed by atoms with Crippen molar-refractivity contribution in [2.75, 3.05) is 6.61 Å². The molecule has 2 aromatic carbocycles. The van der Waals surface area contributed by atoms with Crippen molar-refractivity contribution in [3.05, 3.63) is 66.2 Å². The molecule has 0 aliphatic rings. The second-order valence-electron chi connectivity index (χ2n) is 5.63. The molecule has 128 valence electrons. The molecule has 0 spiro atoms. The molecule has 2 unspecified atom stereocenters. The molecule has 0 aliphatic carbocycles. The van der Waals surface area contributed by atoms with Crippen LogP contribution in [-0.2, 0) is 4.79 Å². The molecule has 3 aromatic rings. The van der Waals surface area contributed by atoms with E-state index in [2.05, 4.69) is 20.7 Å². The first kappa shape index (κ1) is 16.8. The third-order valence-electron chi connectivity index (χ3n) is 3.89. The number of amides is 1. The van der Waals surface area contributed by atoms with Crippen molar-refractivity contribution in [2.45, 2.75) is 19.0 Å². The smallest absolute Gasteiger partial charge is 0.247 e. The van der Waals surface area contributed by atoms with Crippen LogP contribution in [0.3, 0.4) is 0 Å². The van der Waals surface area contributed by atoms with Crippen LogP contribution in [0.15, 0.2) is 60.7 Å². The highest BCUT2D eigenvalue weighted by Gasteiger charge is 2.22. The van der Waals surface area contributed by atoms with Gasteiger partial charge in [-0.3, -0.25) is 4.79 Å². The summed E-state index contributed by atoms with van der Waals surface area (Å²) in [7, 11) is 0. The number of tetrazole rings is 1. The van der Waals surface area contributed by atoms with E-state index in [1.807, 2.05) is 60.7 Å². The Morgan fingerprint density at radius 1 is 1.12 bits per heavy atom. The number of rotatable bonds is 6. The lowest BCUT2D eigenvalue weighted by molar-refractivity contribution is -0.125. The molecule has 0 aliphatic heterocycles. The highest BCUT2D eigenvalue weighted by Crippen LogP contribution is 2.15. The monoisotopic (exact) mass is 337 g/mol. The van der Waals surface area contributed by atoms with E-state index in [0.29, 0.717) is 5.82 Å². The Balaban J connectivity index is 1.71. The normalized spacial score (nSPS) is 13.2. The number of carbonyl (C=O) groups excluding carboxylic acids is 1. The number of aromatic nitrogens is 4. The van der Waals surface area contributed by atoms with Crippen molar-refractivity contribution in [1.82, 2.24) is 25.5 Å². The molecule has 7 heteroatoms. The van der Waals surface area contributed by atoms with E-state index >= 15 is 0 Å². The second-order valence-corrected chi connectivity index (χ2v) is 5.63. The van der Waals surface area contributed by atoms with Crippen molar-refractivity contribution < 1.29 is 9.90 Å². The largest absolute Gasteiger partial charge is 0.394 e. The topological polar surface area (TPSA) is 92.9 Å². The van der Waals surface area contributed by atoms with E-state index in [1.54, 1.807) is 6.92 Å². The Bertz CT molecular complexity index is 820. The zero-order chi connectivity index (χ0) is 17.6. The maximum atomic E-state index is 12.5. The lowest BCUT2D eigenvalue weighted by Gasteiger charge is -2.19. The third kappa shape index (κ3) is 3.89. The second kappa shape index (κ2) is 7.67. The van der Waals surface area contributed by atoms with Gasteiger partial charge in [-0.2, -0.15) is 4.80 Å². The van der Waals surface area contributed by atoms with Gasteiger partial charge in [0.1, 0.15) is 6.04 Å². The van der Waals surface area contributed by atoms with Crippen LogP contribution in [0, 0.1) is 0 Å². The maximum Gasteiger partial charge on any atom is 0.247 e. The number of carbonyl (C=O) groups is 1. The minimum Gasteiger partial charge on any atom is -0.394 e. The first-order chi connectivity index (χ1) is 12.2. The van der Waals surface area contributed by atoms with Crippen LogP contribution in [0.4, 0.5) is 0 Å². The summed E-state index contributed by atoms with van der Waals surface area (Å²) in [5.41, 5.74) is 1.67. The molecule has 3 rings (SSSR count). The molecule has 0 radical (unpaired) electrons. The molecule has 1 aromatic heterocycles. The Morgan fingerprint density at radius 2 is 1.76 bits per heavy atom. The molecular weight excluding hydrogens is 318 g/mol. The average Bonchev–Trinajstić information content (AvgIpc) is 3.17. The van der Waals surface area contributed by atoms with Crippen LogP contribution < -0.4 is 5.32 Å². The Hall–Kier alpha value is -3.06. The predicted molar refractivity (Wildman–Crippen MR) is 92.4 cm³/mol. The van der Waals surface area contributed by atoms with E-state index in [1.165, 1.54) is 4.80 Å². The van der Waals surface area contributed by atoms with Gasteiger partial charge in [-0.15, -0.1) is 10.2 Å². The lowest BCUT2D eigenvalue weighted by atomic mass is 10.1. The standard InChI is InChI=1S/C18H19N5O2/c1-13(18(25)19-16(12-24)14-8-4-2-5-9-14)23-21-17(20-22-23)15-10-6-3-7-11-15/h2-11,13,16,24H,12H2,1H3,(H,19,25). The minimum atomic E-state index is -0.650. The quantitative estimate of drug-likeness (QED) is 0.715. The van der Waals surface area contributed by atoms with Gasteiger partial charge in [0.2, 0.25) is 11.7 Å². The van der Waals surface area contributed by atoms with E-state index in [-0.39, 0.29) is 12.5 Å². The molecule has 7 nitrogen and oxygen atoms in total. The molecule has 1 amide bonds. The molecule has 0 fully saturated rings. The predicted octanol–water partition coefficient (Wildman–Crippen LogP) is 1.75. The number of hydrogen-bond acceptors (Lipinski definition) is 5. The van der Waals surface area contributed by atoms with Crippen molar-refractivity contribution in [2.24, 2.45) is 0 Å². The summed E-state index contributed by atoms with van der Waals surface area (Å²) >= 11 is 0. The lowest BCUT2D eigenvalue weighted by Crippen LogP contribution is -2.36. The van der Waals surface area contributed by atoms with E-state index < -0.39 is 12.1 Å². The van der Waals surface area contributed by atoms with Gasteiger partial charge >= 0.3 is 0 Å². The molecule has 1 heterocycles. The fraction of sp³-hybridized carbons (Fsp3) is 0.222. The number of aliphatic hydroxyl groups excluding tert-OH is 1. The Morgan fingerprint density at radius 3 is 2.40 bits per heavy atom. The Kier molecular flexibility index (Phi) is 5.15. The van der Waals surface area contributed by atoms with Gasteiger partial charge in [-0.05, 0) is 17.7 Å². The van der Waals surface area contributed by atoms with Crippen molar-refractivity contribution in [3.8, 4) is 11.4 Å². The number of benzene rings is 2. The summed E-state index contributed by atoms with van der Waals surface area (Å²) in [6.45, 7) is 1.49. The summed E-state index contributed by atoms with van der Waals surface area (Å²) in [4.78, 5) is 13.8. The highest BCUT2D eigenvalue weighted by atomic mass is 16.3. The summed E-state index contributed by atoms with van der Waals surface area (Å²) < 4.78 is 0. The molecule has 0 saturated carbocycles. The fourth-order valence-corrected chi connectivity index (χ4v) is 2.41. The van der Waals surface area contributed by atoms with Gasteiger partial charge in [0.15, 0.2) is 0 Å². The van der Waals surface area contributed by atoms with Crippen LogP contribution in [-0.4, -0.2) is 37.8 Å². The third-order valence-corrected chi connectivity index (χ3v) is 3.89. The molecule has 0 bridgehead atoms. The summed E-state index contributed by atoms with van der Waals surface area (Å²) in [6, 6.07) is 17.6. The summed E-state index contributed by atoms with van der Waals surface area (Å²) in [5, 5.41) is 24.6. The van der Waals surface area contributed by atoms with Gasteiger partial charge in [0.25, 0.3) is 0 Å². The van der Waals surface area contributed by atoms with Gasteiger partial charge < -0.3 is 10.4 Å². The first-order valence-electron chi connectivity index (χ1n) is 8.00. The van der Waals surface area contributed by atoms with E-state index in [4.69, 9.17) is 0 Å². The molecular formula is C18H19N5O2. The van der Waals surface area contributed by atoms with Crippen LogP contribution >= 0.6 is 0 Å². The molecule has 0 saturated heterocycles. The van der Waals surface area contributed by atoms with Gasteiger partial charge in [-0.1, -0.05) is 60.7 Å². The number of nitrogens with one attached hydrogen (secondary N) is 1. The maximum absolute atomic E-state index is 12.5. The minimum absolute atomic E-state index is 0.192. The fourth-order valence-electron chi connectivity index (χ4n) is 2.41. The van der Waals surface area contributed by atoms with Crippen LogP contribution in [0.25, 0.3) is 11.4 Å². The van der Waals surface area contributed by atoms with Crippen molar-refractivity contribution in [3.63, 3.8) is 0 Å². The van der Waals surface area contributed by atoms with Crippen LogP contribution in [0.5, 0.6) is 0 Å². The zero-order valence-corrected chi connectivity index (χ0v) is 13.8. The van der Waals surface area contributed by atoms with E-state index in [0.717, 1.165) is 11.1 Å². The molecule has 25 heavy (non-hydrogen) atoms. The first-order valence-corrected chi connectivity index (χ1v) is 8.00. The molecule has 2 atom stereocenters. The van der Waals surface area contributed by atoms with Gasteiger partial charge in [0, 0.05) is 5.56 Å². The number of aliphatic hydroxyl groups is 1. The SMILES string of the molecule is CC(C(=O)NC(CO)c1ccccc1)n1nnc(-c2ccccc2)n1. The number of nitrogens with zero attached hydrogens (tertiary/aromatic N) is 4. The van der Waals surface area contributed by atoms with Crippen molar-refractivity contribution in [1.29, 1.82) is 0 Å². The number of hydrogen-bond donors (Lipinski definition) is 2. The zero-order valence-electron chi connectivity index (χ0n) is 13.8. The van der Waals surface area contributed by atoms with E-state index in [9.17, 15) is 9.90 Å². The van der Waals surface area contributed by atoms with Gasteiger partial charge in [-0.25, -0.2) is 0 Å². The highest BCUT2D eigenvalue weighted by molar-refractivity contribution is 5.80. The average molecular weight is 337 g/mol. The van der Waals surface area contributed by atoms with Gasteiger partial charge in [0.05, 0.1) is 12.6 Å². The summed E-state index contributed by atoms with van der Waals surface area (Å²) in [5.74, 6) is 0.168. The summed E-state index contributed by atoms with van der Waals surface area (Å²) in [6.07, 6.45) is 0.